The molecule has 0 aliphatic heterocycles. The van der Waals surface area contributed by atoms with Crippen LogP contribution in [0.5, 0.6) is 0 Å². The molecule has 17 heavy (non-hydrogen) atoms. The third kappa shape index (κ3) is 3.30. The van der Waals surface area contributed by atoms with Gasteiger partial charge in [-0.2, -0.15) is 0 Å². The van der Waals surface area contributed by atoms with Crippen LogP contribution in [0, 0.1) is 5.92 Å². The van der Waals surface area contributed by atoms with Gasteiger partial charge >= 0.3 is 0 Å². The van der Waals surface area contributed by atoms with E-state index in [9.17, 15) is 4.79 Å². The molecule has 0 unspecified atom stereocenters. The van der Waals surface area contributed by atoms with Crippen LogP contribution in [-0.4, -0.2) is 22.6 Å². The van der Waals surface area contributed by atoms with Gasteiger partial charge in [0.2, 0.25) is 0 Å². The topological polar surface area (TPSA) is 83.8 Å². The summed E-state index contributed by atoms with van der Waals surface area (Å²) < 4.78 is 0. The average Bonchev–Trinajstić information content (AvgIpc) is 2.12. The van der Waals surface area contributed by atoms with Gasteiger partial charge in [-0.15, -0.1) is 0 Å². The van der Waals surface area contributed by atoms with Crippen molar-refractivity contribution in [2.45, 2.75) is 38.6 Å². The molecule has 0 spiro atoms. The molecule has 1 atom stereocenters. The van der Waals surface area contributed by atoms with Crippen LogP contribution in [0.4, 0.5) is 5.82 Å². The predicted octanol–water partition coefficient (Wildman–Crippen LogP) is 0.673. The first kappa shape index (κ1) is 12.1. The van der Waals surface area contributed by atoms with Gasteiger partial charge in [0.25, 0.3) is 5.56 Å². The van der Waals surface area contributed by atoms with Gasteiger partial charge in [-0.3, -0.25) is 4.79 Å². The van der Waals surface area contributed by atoms with E-state index in [1.54, 1.807) is 0 Å². The summed E-state index contributed by atoms with van der Waals surface area (Å²) >= 11 is 0. The van der Waals surface area contributed by atoms with E-state index >= 15 is 0 Å². The summed E-state index contributed by atoms with van der Waals surface area (Å²) in [5.74, 6) is 1.77. The van der Waals surface area contributed by atoms with E-state index in [-0.39, 0.29) is 11.4 Å². The molecule has 1 aromatic heterocycles. The van der Waals surface area contributed by atoms with E-state index in [2.05, 4.69) is 22.2 Å². The minimum absolute atomic E-state index is 0.181. The number of hydrogen-bond acceptors (Lipinski definition) is 4. The Bertz CT molecular complexity index is 425. The zero-order chi connectivity index (χ0) is 12.3. The molecule has 0 bridgehead atoms. The maximum atomic E-state index is 11.2. The highest BCUT2D eigenvalue weighted by molar-refractivity contribution is 5.25. The molecule has 0 saturated heterocycles. The van der Waals surface area contributed by atoms with Crippen molar-refractivity contribution in [3.05, 3.63) is 22.2 Å². The molecule has 1 fully saturated rings. The summed E-state index contributed by atoms with van der Waals surface area (Å²) in [7, 11) is 0. The van der Waals surface area contributed by atoms with Crippen molar-refractivity contribution in [2.75, 3.05) is 12.3 Å². The van der Waals surface area contributed by atoms with Gasteiger partial charge in [-0.1, -0.05) is 6.42 Å². The fraction of sp³-hybridized carbons (Fsp3) is 0.667. The average molecular weight is 236 g/mol. The van der Waals surface area contributed by atoms with Crippen molar-refractivity contribution in [3.63, 3.8) is 0 Å². The first-order valence-electron chi connectivity index (χ1n) is 6.24. The van der Waals surface area contributed by atoms with Crippen LogP contribution < -0.4 is 16.6 Å². The molecule has 1 aliphatic rings. The van der Waals surface area contributed by atoms with Crippen molar-refractivity contribution in [2.24, 2.45) is 5.92 Å². The van der Waals surface area contributed by atoms with E-state index in [0.717, 1.165) is 12.5 Å². The fourth-order valence-corrected chi connectivity index (χ4v) is 2.17. The Kier molecular flexibility index (Phi) is 3.78. The van der Waals surface area contributed by atoms with Crippen molar-refractivity contribution in [1.82, 2.24) is 15.3 Å². The molecule has 0 aromatic carbocycles. The molecule has 1 aromatic rings. The third-order valence-corrected chi connectivity index (χ3v) is 3.50. The Labute approximate surface area is 101 Å². The van der Waals surface area contributed by atoms with E-state index in [1.165, 1.54) is 25.3 Å². The van der Waals surface area contributed by atoms with Crippen LogP contribution >= 0.6 is 0 Å². The maximum Gasteiger partial charge on any atom is 0.252 e. The Morgan fingerprint density at radius 2 is 2.41 bits per heavy atom. The molecule has 5 nitrogen and oxygen atoms in total. The maximum absolute atomic E-state index is 11.2. The number of nitrogen functional groups attached to an aromatic ring is 1. The molecule has 1 saturated carbocycles. The lowest BCUT2D eigenvalue weighted by atomic mass is 9.80. The van der Waals surface area contributed by atoms with Gasteiger partial charge in [0.05, 0.1) is 0 Å². The van der Waals surface area contributed by atoms with Crippen LogP contribution in [0.1, 0.15) is 32.0 Å². The SMILES string of the molecule is C[C@@H](NCCc1nc(N)cc(=O)[nH]1)C1CCC1. The van der Waals surface area contributed by atoms with Gasteiger partial charge < -0.3 is 16.0 Å². The lowest BCUT2D eigenvalue weighted by molar-refractivity contribution is 0.242. The molecule has 0 radical (unpaired) electrons. The van der Waals surface area contributed by atoms with Crippen molar-refractivity contribution in [1.29, 1.82) is 0 Å². The second kappa shape index (κ2) is 5.31. The van der Waals surface area contributed by atoms with E-state index in [0.29, 0.717) is 18.3 Å². The summed E-state index contributed by atoms with van der Waals surface area (Å²) in [6.07, 6.45) is 4.74. The van der Waals surface area contributed by atoms with Crippen LogP contribution in [0.3, 0.4) is 0 Å². The molecular formula is C12H20N4O. The summed E-state index contributed by atoms with van der Waals surface area (Å²) in [5.41, 5.74) is 5.34. The van der Waals surface area contributed by atoms with Crippen LogP contribution in [0.25, 0.3) is 0 Å². The van der Waals surface area contributed by atoms with Gasteiger partial charge in [0.15, 0.2) is 0 Å². The number of H-pyrrole nitrogens is 1. The van der Waals surface area contributed by atoms with Crippen LogP contribution in [0.15, 0.2) is 10.9 Å². The van der Waals surface area contributed by atoms with Gasteiger partial charge in [0, 0.05) is 25.1 Å². The fourth-order valence-electron chi connectivity index (χ4n) is 2.17. The van der Waals surface area contributed by atoms with Gasteiger partial charge in [-0.05, 0) is 25.7 Å². The number of aromatic nitrogens is 2. The van der Waals surface area contributed by atoms with Gasteiger partial charge in [0.1, 0.15) is 11.6 Å². The summed E-state index contributed by atoms with van der Waals surface area (Å²) in [6, 6.07) is 1.85. The highest BCUT2D eigenvalue weighted by Crippen LogP contribution is 2.29. The second-order valence-corrected chi connectivity index (χ2v) is 4.80. The zero-order valence-corrected chi connectivity index (χ0v) is 10.2. The Balaban J connectivity index is 1.79. The molecule has 5 heteroatoms. The van der Waals surface area contributed by atoms with E-state index in [4.69, 9.17) is 5.73 Å². The first-order valence-corrected chi connectivity index (χ1v) is 6.24. The quantitative estimate of drug-likeness (QED) is 0.701. The molecule has 94 valence electrons. The standard InChI is InChI=1S/C12H20N4O/c1-8(9-3-2-4-9)14-6-5-11-15-10(13)7-12(17)16-11/h7-9,14H,2-6H2,1H3,(H3,13,15,16,17)/t8-/m1/s1. The molecule has 0 amide bonds. The highest BCUT2D eigenvalue weighted by atomic mass is 16.1. The smallest absolute Gasteiger partial charge is 0.252 e. The lowest BCUT2D eigenvalue weighted by Crippen LogP contribution is -2.38. The third-order valence-electron chi connectivity index (χ3n) is 3.50. The molecule has 1 heterocycles. The molecule has 4 N–H and O–H groups in total. The monoisotopic (exact) mass is 236 g/mol. The summed E-state index contributed by atoms with van der Waals surface area (Å²) in [6.45, 7) is 3.05. The zero-order valence-electron chi connectivity index (χ0n) is 10.2. The van der Waals surface area contributed by atoms with Gasteiger partial charge in [-0.25, -0.2) is 4.98 Å². The Hall–Kier alpha value is -1.36. The Morgan fingerprint density at radius 3 is 3.00 bits per heavy atom. The van der Waals surface area contributed by atoms with E-state index < -0.39 is 0 Å². The normalized spacial score (nSPS) is 17.7. The number of nitrogens with one attached hydrogen (secondary N) is 2. The van der Waals surface area contributed by atoms with Crippen LogP contribution in [-0.2, 0) is 6.42 Å². The van der Waals surface area contributed by atoms with Crippen molar-refractivity contribution >= 4 is 5.82 Å². The lowest BCUT2D eigenvalue weighted by Gasteiger charge is -2.32. The van der Waals surface area contributed by atoms with Crippen molar-refractivity contribution < 1.29 is 0 Å². The predicted molar refractivity (Wildman–Crippen MR) is 67.8 cm³/mol. The first-order chi connectivity index (χ1) is 8.15. The number of nitrogens with two attached hydrogens (primary N) is 1. The minimum Gasteiger partial charge on any atom is -0.383 e. The molecule has 2 rings (SSSR count). The minimum atomic E-state index is -0.181. The van der Waals surface area contributed by atoms with Crippen LogP contribution in [0.2, 0.25) is 0 Å². The molecular weight excluding hydrogens is 216 g/mol. The number of hydrogen-bond donors (Lipinski definition) is 3. The number of nitrogens with zero attached hydrogens (tertiary/aromatic N) is 1. The number of anilines is 1. The highest BCUT2D eigenvalue weighted by Gasteiger charge is 2.23. The summed E-state index contributed by atoms with van der Waals surface area (Å²) in [4.78, 5) is 18.0. The number of aromatic amines is 1. The molecule has 1 aliphatic carbocycles. The summed E-state index contributed by atoms with van der Waals surface area (Å²) in [5, 5.41) is 3.47. The largest absolute Gasteiger partial charge is 0.383 e. The Morgan fingerprint density at radius 1 is 1.65 bits per heavy atom. The second-order valence-electron chi connectivity index (χ2n) is 4.80. The van der Waals surface area contributed by atoms with E-state index in [1.807, 2.05) is 0 Å². The number of rotatable bonds is 5. The van der Waals surface area contributed by atoms with Crippen molar-refractivity contribution in [3.8, 4) is 0 Å².